The van der Waals surface area contributed by atoms with E-state index < -0.39 is 0 Å². The van der Waals surface area contributed by atoms with Gasteiger partial charge in [0.2, 0.25) is 11.7 Å². The Bertz CT molecular complexity index is 451. The summed E-state index contributed by atoms with van der Waals surface area (Å²) >= 11 is 0. The van der Waals surface area contributed by atoms with Gasteiger partial charge >= 0.3 is 0 Å². The summed E-state index contributed by atoms with van der Waals surface area (Å²) in [5.74, 6) is 2.26. The Labute approximate surface area is 125 Å². The maximum absolute atomic E-state index is 11.6. The Morgan fingerprint density at radius 3 is 2.52 bits per heavy atom. The first kappa shape index (κ1) is 17.0. The summed E-state index contributed by atoms with van der Waals surface area (Å²) in [7, 11) is 1.57. The second-order valence-electron chi connectivity index (χ2n) is 5.01. The lowest BCUT2D eigenvalue weighted by Crippen LogP contribution is -2.28. The van der Waals surface area contributed by atoms with Gasteiger partial charge in [0.1, 0.15) is 6.33 Å². The highest BCUT2D eigenvalue weighted by atomic mass is 16.5. The molecule has 0 radical (unpaired) electrons. The molecule has 7 nitrogen and oxygen atoms in total. The Balaban J connectivity index is 2.51. The average Bonchev–Trinajstić information content (AvgIpc) is 2.46. The largest absolute Gasteiger partial charge is 0.490 e. The minimum atomic E-state index is 0.0242. The zero-order chi connectivity index (χ0) is 15.7. The van der Waals surface area contributed by atoms with Gasteiger partial charge in [-0.15, -0.1) is 0 Å². The molecule has 0 atom stereocenters. The normalized spacial score (nSPS) is 10.3. The van der Waals surface area contributed by atoms with Crippen LogP contribution in [0, 0.1) is 5.92 Å². The van der Waals surface area contributed by atoms with Crippen molar-refractivity contribution in [3.8, 4) is 5.75 Å². The lowest BCUT2D eigenvalue weighted by molar-refractivity contribution is -0.120. The van der Waals surface area contributed by atoms with Crippen molar-refractivity contribution in [1.82, 2.24) is 15.3 Å². The standard InChI is InChI=1S/C14H25N5O2/c1-5-15-13-12(21-4)14(19-9-18-13)16-7-6-11(20)17-8-10(2)3/h9-10H,5-8H2,1-4H3,(H,17,20)(H2,15,16,18,19). The van der Waals surface area contributed by atoms with Crippen molar-refractivity contribution in [2.75, 3.05) is 37.4 Å². The first-order valence-electron chi connectivity index (χ1n) is 7.21. The van der Waals surface area contributed by atoms with Crippen LogP contribution in [0.1, 0.15) is 27.2 Å². The molecule has 3 N–H and O–H groups in total. The van der Waals surface area contributed by atoms with Gasteiger partial charge in [0.25, 0.3) is 0 Å². The smallest absolute Gasteiger partial charge is 0.221 e. The highest BCUT2D eigenvalue weighted by Crippen LogP contribution is 2.28. The maximum atomic E-state index is 11.6. The van der Waals surface area contributed by atoms with Gasteiger partial charge in [0.15, 0.2) is 11.6 Å². The topological polar surface area (TPSA) is 88.2 Å². The van der Waals surface area contributed by atoms with Gasteiger partial charge in [0.05, 0.1) is 7.11 Å². The molecule has 0 aliphatic heterocycles. The number of nitrogens with one attached hydrogen (secondary N) is 3. The fraction of sp³-hybridized carbons (Fsp3) is 0.643. The van der Waals surface area contributed by atoms with Crippen LogP contribution in [0.15, 0.2) is 6.33 Å². The van der Waals surface area contributed by atoms with Crippen molar-refractivity contribution in [2.45, 2.75) is 27.2 Å². The van der Waals surface area contributed by atoms with Crippen LogP contribution < -0.4 is 20.7 Å². The first-order valence-corrected chi connectivity index (χ1v) is 7.21. The summed E-state index contributed by atoms with van der Waals surface area (Å²) < 4.78 is 5.31. The molecule has 1 aromatic heterocycles. The molecule has 0 saturated carbocycles. The number of carbonyl (C=O) groups excluding carboxylic acids is 1. The van der Waals surface area contributed by atoms with E-state index in [0.29, 0.717) is 42.8 Å². The van der Waals surface area contributed by atoms with E-state index in [9.17, 15) is 4.79 Å². The van der Waals surface area contributed by atoms with E-state index in [4.69, 9.17) is 4.74 Å². The van der Waals surface area contributed by atoms with E-state index in [1.807, 2.05) is 6.92 Å². The number of anilines is 2. The monoisotopic (exact) mass is 295 g/mol. The Hall–Kier alpha value is -2.05. The second kappa shape index (κ2) is 8.99. The third-order valence-electron chi connectivity index (χ3n) is 2.70. The van der Waals surface area contributed by atoms with Crippen LogP contribution in [0.25, 0.3) is 0 Å². The number of rotatable bonds is 9. The number of amides is 1. The molecule has 118 valence electrons. The molecule has 1 rings (SSSR count). The molecule has 21 heavy (non-hydrogen) atoms. The van der Waals surface area contributed by atoms with Crippen LogP contribution >= 0.6 is 0 Å². The first-order chi connectivity index (χ1) is 10.1. The Morgan fingerprint density at radius 1 is 1.29 bits per heavy atom. The Morgan fingerprint density at radius 2 is 1.95 bits per heavy atom. The van der Waals surface area contributed by atoms with Crippen LogP contribution in [0.4, 0.5) is 11.6 Å². The lowest BCUT2D eigenvalue weighted by Gasteiger charge is -2.13. The molecule has 0 bridgehead atoms. The highest BCUT2D eigenvalue weighted by molar-refractivity contribution is 5.76. The van der Waals surface area contributed by atoms with E-state index in [0.717, 1.165) is 6.54 Å². The number of carbonyl (C=O) groups is 1. The molecule has 1 heterocycles. The SMILES string of the molecule is CCNc1ncnc(NCCC(=O)NCC(C)C)c1OC. The Kier molecular flexibility index (Phi) is 7.28. The fourth-order valence-corrected chi connectivity index (χ4v) is 1.69. The van der Waals surface area contributed by atoms with Gasteiger partial charge < -0.3 is 20.7 Å². The quantitative estimate of drug-likeness (QED) is 0.640. The maximum Gasteiger partial charge on any atom is 0.221 e. The lowest BCUT2D eigenvalue weighted by atomic mass is 10.2. The van der Waals surface area contributed by atoms with Crippen molar-refractivity contribution >= 4 is 17.5 Å². The molecular formula is C14H25N5O2. The van der Waals surface area contributed by atoms with E-state index in [2.05, 4.69) is 39.8 Å². The summed E-state index contributed by atoms with van der Waals surface area (Å²) in [6.07, 6.45) is 1.85. The summed E-state index contributed by atoms with van der Waals surface area (Å²) in [5.41, 5.74) is 0. The third-order valence-corrected chi connectivity index (χ3v) is 2.70. The average molecular weight is 295 g/mol. The molecule has 7 heteroatoms. The molecule has 0 unspecified atom stereocenters. The summed E-state index contributed by atoms with van der Waals surface area (Å²) in [6.45, 7) is 8.03. The molecule has 1 aromatic rings. The zero-order valence-corrected chi connectivity index (χ0v) is 13.2. The van der Waals surface area contributed by atoms with Gasteiger partial charge in [-0.1, -0.05) is 13.8 Å². The van der Waals surface area contributed by atoms with Gasteiger partial charge in [-0.3, -0.25) is 4.79 Å². The van der Waals surface area contributed by atoms with Crippen LogP contribution in [0.5, 0.6) is 5.75 Å². The van der Waals surface area contributed by atoms with Crippen LogP contribution in [-0.4, -0.2) is 42.6 Å². The van der Waals surface area contributed by atoms with E-state index in [1.54, 1.807) is 7.11 Å². The third kappa shape index (κ3) is 5.85. The molecule has 0 aliphatic rings. The van der Waals surface area contributed by atoms with E-state index >= 15 is 0 Å². The predicted molar refractivity (Wildman–Crippen MR) is 83.7 cm³/mol. The molecule has 0 aromatic carbocycles. The molecule has 0 fully saturated rings. The van der Waals surface area contributed by atoms with Crippen molar-refractivity contribution in [3.63, 3.8) is 0 Å². The van der Waals surface area contributed by atoms with Crippen LogP contribution in [0.3, 0.4) is 0 Å². The van der Waals surface area contributed by atoms with E-state index in [-0.39, 0.29) is 5.91 Å². The zero-order valence-electron chi connectivity index (χ0n) is 13.2. The molecule has 0 saturated heterocycles. The molecule has 1 amide bonds. The second-order valence-corrected chi connectivity index (χ2v) is 5.01. The molecule has 0 aliphatic carbocycles. The highest BCUT2D eigenvalue weighted by Gasteiger charge is 2.11. The fourth-order valence-electron chi connectivity index (χ4n) is 1.69. The summed E-state index contributed by atoms with van der Waals surface area (Å²) in [4.78, 5) is 19.9. The molecule has 0 spiro atoms. The number of hydrogen-bond donors (Lipinski definition) is 3. The number of hydrogen-bond acceptors (Lipinski definition) is 6. The predicted octanol–water partition coefficient (Wildman–Crippen LogP) is 1.49. The van der Waals surface area contributed by atoms with Gasteiger partial charge in [-0.05, 0) is 12.8 Å². The van der Waals surface area contributed by atoms with Crippen LogP contribution in [0.2, 0.25) is 0 Å². The van der Waals surface area contributed by atoms with E-state index in [1.165, 1.54) is 6.33 Å². The number of nitrogens with zero attached hydrogens (tertiary/aromatic N) is 2. The number of ether oxygens (including phenoxy) is 1. The van der Waals surface area contributed by atoms with Gasteiger partial charge in [0, 0.05) is 26.1 Å². The van der Waals surface area contributed by atoms with Crippen molar-refractivity contribution in [1.29, 1.82) is 0 Å². The number of aromatic nitrogens is 2. The summed E-state index contributed by atoms with van der Waals surface area (Å²) in [6, 6.07) is 0. The van der Waals surface area contributed by atoms with Crippen molar-refractivity contribution in [3.05, 3.63) is 6.33 Å². The molecular weight excluding hydrogens is 270 g/mol. The van der Waals surface area contributed by atoms with Crippen molar-refractivity contribution in [2.24, 2.45) is 5.92 Å². The van der Waals surface area contributed by atoms with Crippen LogP contribution in [-0.2, 0) is 4.79 Å². The minimum absolute atomic E-state index is 0.0242. The van der Waals surface area contributed by atoms with Gasteiger partial charge in [-0.25, -0.2) is 9.97 Å². The van der Waals surface area contributed by atoms with Gasteiger partial charge in [-0.2, -0.15) is 0 Å². The minimum Gasteiger partial charge on any atom is -0.490 e. The summed E-state index contributed by atoms with van der Waals surface area (Å²) in [5, 5.41) is 9.08. The number of methoxy groups -OCH3 is 1. The van der Waals surface area contributed by atoms with Crippen molar-refractivity contribution < 1.29 is 9.53 Å².